The van der Waals surface area contributed by atoms with Crippen molar-refractivity contribution in [3.63, 3.8) is 0 Å². The van der Waals surface area contributed by atoms with Gasteiger partial charge in [0, 0.05) is 12.1 Å². The number of hydrogen-bond acceptors (Lipinski definition) is 5. The van der Waals surface area contributed by atoms with Crippen molar-refractivity contribution in [2.75, 3.05) is 12.8 Å². The van der Waals surface area contributed by atoms with Gasteiger partial charge in [0.2, 0.25) is 5.82 Å². The molecule has 0 unspecified atom stereocenters. The Morgan fingerprint density at radius 2 is 1.95 bits per heavy atom. The highest BCUT2D eigenvalue weighted by Gasteiger charge is 2.34. The topological polar surface area (TPSA) is 74.2 Å². The second kappa shape index (κ2) is 6.22. The first-order valence-electron chi connectivity index (χ1n) is 6.61. The minimum absolute atomic E-state index is 0.273. The van der Waals surface area contributed by atoms with Gasteiger partial charge in [-0.2, -0.15) is 4.98 Å². The SMILES string of the molecule is CCC(CC)(OC)c1noc(-c2cc(Cl)cc(Cl)c2N)n1. The van der Waals surface area contributed by atoms with Crippen LogP contribution in [-0.2, 0) is 10.3 Å². The van der Waals surface area contributed by atoms with Crippen molar-refractivity contribution in [2.24, 2.45) is 0 Å². The van der Waals surface area contributed by atoms with Crippen LogP contribution in [0.25, 0.3) is 11.5 Å². The van der Waals surface area contributed by atoms with Crippen LogP contribution in [0.1, 0.15) is 32.5 Å². The van der Waals surface area contributed by atoms with E-state index in [2.05, 4.69) is 10.1 Å². The Balaban J connectivity index is 2.50. The molecule has 0 saturated carbocycles. The van der Waals surface area contributed by atoms with E-state index < -0.39 is 5.60 Å². The molecule has 0 atom stereocenters. The van der Waals surface area contributed by atoms with Crippen molar-refractivity contribution in [2.45, 2.75) is 32.3 Å². The second-order valence-corrected chi connectivity index (χ2v) is 5.52. The highest BCUT2D eigenvalue weighted by molar-refractivity contribution is 6.37. The Morgan fingerprint density at radius 3 is 2.52 bits per heavy atom. The number of nitrogens with zero attached hydrogens (tertiary/aromatic N) is 2. The van der Waals surface area contributed by atoms with Crippen molar-refractivity contribution < 1.29 is 9.26 Å². The molecule has 0 spiro atoms. The third-order valence-electron chi connectivity index (χ3n) is 3.69. The Morgan fingerprint density at radius 1 is 1.29 bits per heavy atom. The van der Waals surface area contributed by atoms with E-state index in [4.69, 9.17) is 38.2 Å². The highest BCUT2D eigenvalue weighted by Crippen LogP contribution is 2.36. The van der Waals surface area contributed by atoms with Crippen molar-refractivity contribution in [1.82, 2.24) is 10.1 Å². The number of nitrogens with two attached hydrogens (primary N) is 1. The summed E-state index contributed by atoms with van der Waals surface area (Å²) >= 11 is 12.0. The molecule has 0 bridgehead atoms. The van der Waals surface area contributed by atoms with E-state index in [1.807, 2.05) is 13.8 Å². The Hall–Kier alpha value is -1.30. The van der Waals surface area contributed by atoms with Crippen LogP contribution < -0.4 is 5.73 Å². The van der Waals surface area contributed by atoms with Gasteiger partial charge in [-0.3, -0.25) is 0 Å². The number of anilines is 1. The molecular weight excluding hydrogens is 313 g/mol. The van der Waals surface area contributed by atoms with Crippen molar-refractivity contribution in [1.29, 1.82) is 0 Å². The van der Waals surface area contributed by atoms with E-state index >= 15 is 0 Å². The van der Waals surface area contributed by atoms with Gasteiger partial charge in [0.1, 0.15) is 5.60 Å². The fraction of sp³-hybridized carbons (Fsp3) is 0.429. The molecule has 0 aliphatic rings. The van der Waals surface area contributed by atoms with Gasteiger partial charge in [-0.05, 0) is 25.0 Å². The number of nitrogen functional groups attached to an aromatic ring is 1. The summed E-state index contributed by atoms with van der Waals surface area (Å²) in [6.45, 7) is 4.02. The van der Waals surface area contributed by atoms with Gasteiger partial charge >= 0.3 is 0 Å². The summed E-state index contributed by atoms with van der Waals surface area (Å²) in [7, 11) is 1.63. The molecule has 1 aromatic carbocycles. The number of aromatic nitrogens is 2. The molecule has 114 valence electrons. The predicted octanol–water partition coefficient (Wildman–Crippen LogP) is 4.29. The lowest BCUT2D eigenvalue weighted by atomic mass is 9.96. The van der Waals surface area contributed by atoms with E-state index in [1.54, 1.807) is 19.2 Å². The van der Waals surface area contributed by atoms with Crippen molar-refractivity contribution in [3.05, 3.63) is 28.0 Å². The quantitative estimate of drug-likeness (QED) is 0.828. The summed E-state index contributed by atoms with van der Waals surface area (Å²) in [5.74, 6) is 0.760. The van der Waals surface area contributed by atoms with Gasteiger partial charge < -0.3 is 15.0 Å². The van der Waals surface area contributed by atoms with Crippen LogP contribution >= 0.6 is 23.2 Å². The standard InChI is InChI=1S/C14H17Cl2N3O2/c1-4-14(5-2,20-3)13-18-12(21-19-13)9-6-8(15)7-10(16)11(9)17/h6-7H,4-5,17H2,1-3H3. The fourth-order valence-electron chi connectivity index (χ4n) is 2.23. The molecule has 21 heavy (non-hydrogen) atoms. The average molecular weight is 330 g/mol. The molecule has 2 N–H and O–H groups in total. The van der Waals surface area contributed by atoms with Gasteiger partial charge in [0.25, 0.3) is 5.89 Å². The number of halogens is 2. The third-order valence-corrected chi connectivity index (χ3v) is 4.22. The van der Waals surface area contributed by atoms with E-state index in [-0.39, 0.29) is 5.89 Å². The minimum Gasteiger partial charge on any atom is -0.397 e. The lowest BCUT2D eigenvalue weighted by Gasteiger charge is -2.25. The molecule has 0 aliphatic carbocycles. The smallest absolute Gasteiger partial charge is 0.260 e. The lowest BCUT2D eigenvalue weighted by Crippen LogP contribution is -2.28. The summed E-state index contributed by atoms with van der Waals surface area (Å²) < 4.78 is 10.9. The Bertz CT molecular complexity index is 631. The second-order valence-electron chi connectivity index (χ2n) is 4.68. The molecular formula is C14H17Cl2N3O2. The summed E-state index contributed by atoms with van der Waals surface area (Å²) in [6, 6.07) is 3.21. The summed E-state index contributed by atoms with van der Waals surface area (Å²) in [5, 5.41) is 4.83. The highest BCUT2D eigenvalue weighted by atomic mass is 35.5. The molecule has 0 aliphatic heterocycles. The van der Waals surface area contributed by atoms with Gasteiger partial charge in [0.15, 0.2) is 0 Å². The molecule has 0 fully saturated rings. The zero-order valence-corrected chi connectivity index (χ0v) is 13.6. The maximum Gasteiger partial charge on any atom is 0.260 e. The number of hydrogen-bond donors (Lipinski definition) is 1. The number of ether oxygens (including phenoxy) is 1. The van der Waals surface area contributed by atoms with E-state index in [9.17, 15) is 0 Å². The van der Waals surface area contributed by atoms with Crippen LogP contribution in [0.4, 0.5) is 5.69 Å². The van der Waals surface area contributed by atoms with Gasteiger partial charge in [-0.15, -0.1) is 0 Å². The lowest BCUT2D eigenvalue weighted by molar-refractivity contribution is -0.0306. The molecule has 2 aromatic rings. The molecule has 0 amide bonds. The fourth-order valence-corrected chi connectivity index (χ4v) is 2.72. The van der Waals surface area contributed by atoms with Gasteiger partial charge in [-0.25, -0.2) is 0 Å². The number of rotatable bonds is 5. The van der Waals surface area contributed by atoms with E-state index in [0.717, 1.165) is 12.8 Å². The Labute approximate surface area is 133 Å². The third kappa shape index (κ3) is 2.86. The Kier molecular flexibility index (Phi) is 4.76. The first kappa shape index (κ1) is 16.1. The maximum absolute atomic E-state index is 6.02. The molecule has 2 rings (SSSR count). The van der Waals surface area contributed by atoms with Crippen LogP contribution in [-0.4, -0.2) is 17.3 Å². The van der Waals surface area contributed by atoms with E-state index in [1.165, 1.54) is 0 Å². The number of benzene rings is 1. The molecule has 0 saturated heterocycles. The zero-order valence-electron chi connectivity index (χ0n) is 12.1. The monoisotopic (exact) mass is 329 g/mol. The van der Waals surface area contributed by atoms with Gasteiger partial charge in [0.05, 0.1) is 16.3 Å². The van der Waals surface area contributed by atoms with Gasteiger partial charge in [-0.1, -0.05) is 42.2 Å². The van der Waals surface area contributed by atoms with Crippen LogP contribution in [0, 0.1) is 0 Å². The first-order valence-corrected chi connectivity index (χ1v) is 7.37. The molecule has 0 radical (unpaired) electrons. The molecule has 1 heterocycles. The largest absolute Gasteiger partial charge is 0.397 e. The first-order chi connectivity index (χ1) is 9.97. The van der Waals surface area contributed by atoms with Crippen LogP contribution in [0.2, 0.25) is 10.0 Å². The molecule has 1 aromatic heterocycles. The van der Waals surface area contributed by atoms with E-state index in [0.29, 0.717) is 27.1 Å². The summed E-state index contributed by atoms with van der Waals surface area (Å²) in [5.41, 5.74) is 6.25. The summed E-state index contributed by atoms with van der Waals surface area (Å²) in [4.78, 5) is 4.41. The van der Waals surface area contributed by atoms with Crippen molar-refractivity contribution in [3.8, 4) is 11.5 Å². The predicted molar refractivity (Wildman–Crippen MR) is 83.4 cm³/mol. The molecule has 7 heteroatoms. The summed E-state index contributed by atoms with van der Waals surface area (Å²) in [6.07, 6.45) is 1.45. The van der Waals surface area contributed by atoms with Crippen LogP contribution in [0.5, 0.6) is 0 Å². The molecule has 5 nitrogen and oxygen atoms in total. The minimum atomic E-state index is -0.571. The van der Waals surface area contributed by atoms with Crippen LogP contribution in [0.15, 0.2) is 16.7 Å². The average Bonchev–Trinajstić information content (AvgIpc) is 2.95. The number of methoxy groups -OCH3 is 1. The maximum atomic E-state index is 6.02. The van der Waals surface area contributed by atoms with Crippen molar-refractivity contribution >= 4 is 28.9 Å². The van der Waals surface area contributed by atoms with Crippen LogP contribution in [0.3, 0.4) is 0 Å². The normalized spacial score (nSPS) is 11.9. The zero-order chi connectivity index (χ0) is 15.6.